The first-order valence-electron chi connectivity index (χ1n) is 9.68. The van der Waals surface area contributed by atoms with Gasteiger partial charge in [-0.3, -0.25) is 14.7 Å². The molecule has 0 saturated carbocycles. The zero-order chi connectivity index (χ0) is 17.6. The molecule has 2 aliphatic heterocycles. The number of piperidine rings is 1. The van der Waals surface area contributed by atoms with E-state index in [-0.39, 0.29) is 12.0 Å². The van der Waals surface area contributed by atoms with Crippen LogP contribution in [0.2, 0.25) is 0 Å². The van der Waals surface area contributed by atoms with Crippen LogP contribution >= 0.6 is 0 Å². The zero-order valence-corrected chi connectivity index (χ0v) is 15.6. The molecule has 138 valence electrons. The molecule has 2 aliphatic rings. The van der Waals surface area contributed by atoms with Crippen LogP contribution in [0.1, 0.15) is 51.6 Å². The van der Waals surface area contributed by atoms with E-state index in [1.807, 2.05) is 23.1 Å². The third-order valence-electron chi connectivity index (χ3n) is 5.57. The first-order valence-corrected chi connectivity index (χ1v) is 9.68. The number of ether oxygens (including phenoxy) is 1. The van der Waals surface area contributed by atoms with E-state index in [0.29, 0.717) is 31.7 Å². The van der Waals surface area contributed by atoms with Gasteiger partial charge in [-0.15, -0.1) is 0 Å². The maximum Gasteiger partial charge on any atom is 0.237 e. The van der Waals surface area contributed by atoms with Gasteiger partial charge in [0.15, 0.2) is 0 Å². The van der Waals surface area contributed by atoms with E-state index in [2.05, 4.69) is 23.7 Å². The normalized spacial score (nSPS) is 27.4. The SMILES string of the molecule is C[C@@H]1CCC[C@H](C)N1CC(=O)N(Cc1ccccn1)C[C@@H]1CCCO1. The molecule has 2 saturated heterocycles. The van der Waals surface area contributed by atoms with Crippen molar-refractivity contribution in [1.29, 1.82) is 0 Å². The van der Waals surface area contributed by atoms with Crippen LogP contribution < -0.4 is 0 Å². The third kappa shape index (κ3) is 5.02. The number of hydrogen-bond donors (Lipinski definition) is 0. The van der Waals surface area contributed by atoms with Crippen LogP contribution in [0.25, 0.3) is 0 Å². The highest BCUT2D eigenvalue weighted by Gasteiger charge is 2.29. The monoisotopic (exact) mass is 345 g/mol. The molecule has 1 aromatic heterocycles. The van der Waals surface area contributed by atoms with Crippen molar-refractivity contribution in [2.45, 2.75) is 70.7 Å². The van der Waals surface area contributed by atoms with E-state index < -0.39 is 0 Å². The van der Waals surface area contributed by atoms with Crippen LogP contribution in [0, 0.1) is 0 Å². The maximum absolute atomic E-state index is 13.1. The second kappa shape index (κ2) is 8.77. The molecule has 0 unspecified atom stereocenters. The van der Waals surface area contributed by atoms with E-state index in [1.54, 1.807) is 6.20 Å². The lowest BCUT2D eigenvalue weighted by atomic mass is 9.97. The van der Waals surface area contributed by atoms with Gasteiger partial charge < -0.3 is 9.64 Å². The molecule has 0 aliphatic carbocycles. The van der Waals surface area contributed by atoms with Crippen molar-refractivity contribution in [3.05, 3.63) is 30.1 Å². The fourth-order valence-electron chi connectivity index (χ4n) is 4.02. The lowest BCUT2D eigenvalue weighted by molar-refractivity contribution is -0.136. The first-order chi connectivity index (χ1) is 12.1. The first kappa shape index (κ1) is 18.3. The van der Waals surface area contributed by atoms with E-state index in [0.717, 1.165) is 25.1 Å². The van der Waals surface area contributed by atoms with Gasteiger partial charge in [0, 0.05) is 31.4 Å². The average molecular weight is 345 g/mol. The van der Waals surface area contributed by atoms with Crippen molar-refractivity contribution in [1.82, 2.24) is 14.8 Å². The van der Waals surface area contributed by atoms with Crippen molar-refractivity contribution in [3.8, 4) is 0 Å². The predicted molar refractivity (Wildman–Crippen MR) is 98.1 cm³/mol. The van der Waals surface area contributed by atoms with Crippen molar-refractivity contribution >= 4 is 5.91 Å². The summed E-state index contributed by atoms with van der Waals surface area (Å²) in [4.78, 5) is 21.8. The minimum atomic E-state index is 0.170. The van der Waals surface area contributed by atoms with Crippen LogP contribution in [0.4, 0.5) is 0 Å². The minimum absolute atomic E-state index is 0.170. The van der Waals surface area contributed by atoms with Gasteiger partial charge >= 0.3 is 0 Å². The Hall–Kier alpha value is -1.46. The highest BCUT2D eigenvalue weighted by atomic mass is 16.5. The second-order valence-corrected chi connectivity index (χ2v) is 7.53. The number of nitrogens with zero attached hydrogens (tertiary/aromatic N) is 3. The van der Waals surface area contributed by atoms with Crippen LogP contribution in [0.3, 0.4) is 0 Å². The number of amides is 1. The summed E-state index contributed by atoms with van der Waals surface area (Å²) in [5.41, 5.74) is 0.939. The van der Waals surface area contributed by atoms with Crippen LogP contribution in [0.5, 0.6) is 0 Å². The fraction of sp³-hybridized carbons (Fsp3) is 0.700. The molecule has 0 N–H and O–H groups in total. The number of rotatable bonds is 6. The number of likely N-dealkylation sites (tertiary alicyclic amines) is 1. The molecule has 2 fully saturated rings. The highest BCUT2D eigenvalue weighted by Crippen LogP contribution is 2.23. The Morgan fingerprint density at radius 3 is 2.68 bits per heavy atom. The minimum Gasteiger partial charge on any atom is -0.376 e. The molecule has 0 radical (unpaired) electrons. The van der Waals surface area contributed by atoms with Gasteiger partial charge in [0.2, 0.25) is 5.91 Å². The topological polar surface area (TPSA) is 45.7 Å². The molecule has 3 rings (SSSR count). The molecular formula is C20H31N3O2. The molecule has 0 spiro atoms. The molecule has 3 heterocycles. The Balaban J connectivity index is 1.67. The number of hydrogen-bond acceptors (Lipinski definition) is 4. The lowest BCUT2D eigenvalue weighted by Gasteiger charge is -2.39. The fourth-order valence-corrected chi connectivity index (χ4v) is 4.02. The Morgan fingerprint density at radius 2 is 2.04 bits per heavy atom. The van der Waals surface area contributed by atoms with Crippen molar-refractivity contribution < 1.29 is 9.53 Å². The summed E-state index contributed by atoms with van der Waals surface area (Å²) in [6.45, 7) is 7.04. The van der Waals surface area contributed by atoms with Crippen molar-refractivity contribution in [3.63, 3.8) is 0 Å². The molecular weight excluding hydrogens is 314 g/mol. The van der Waals surface area contributed by atoms with Gasteiger partial charge in [-0.25, -0.2) is 0 Å². The third-order valence-corrected chi connectivity index (χ3v) is 5.57. The maximum atomic E-state index is 13.1. The number of pyridine rings is 1. The highest BCUT2D eigenvalue weighted by molar-refractivity contribution is 5.78. The summed E-state index contributed by atoms with van der Waals surface area (Å²) in [6, 6.07) is 6.83. The van der Waals surface area contributed by atoms with E-state index >= 15 is 0 Å². The molecule has 5 nitrogen and oxygen atoms in total. The molecule has 1 aromatic rings. The summed E-state index contributed by atoms with van der Waals surface area (Å²) >= 11 is 0. The molecule has 25 heavy (non-hydrogen) atoms. The Bertz CT molecular complexity index is 535. The Morgan fingerprint density at radius 1 is 1.24 bits per heavy atom. The molecule has 1 amide bonds. The second-order valence-electron chi connectivity index (χ2n) is 7.53. The average Bonchev–Trinajstić information content (AvgIpc) is 3.11. The standard InChI is InChI=1S/C20H31N3O2/c1-16-7-5-8-17(2)23(16)15-20(24)22(14-19-10-6-12-25-19)13-18-9-3-4-11-21-18/h3-4,9,11,16-17,19H,5-8,10,12-15H2,1-2H3/t16-,17+,19-/m0/s1. The molecule has 0 aromatic carbocycles. The Kier molecular flexibility index (Phi) is 6.43. The van der Waals surface area contributed by atoms with Gasteiger partial charge in [-0.05, 0) is 51.7 Å². The summed E-state index contributed by atoms with van der Waals surface area (Å²) in [5, 5.41) is 0. The van der Waals surface area contributed by atoms with Crippen molar-refractivity contribution in [2.24, 2.45) is 0 Å². The summed E-state index contributed by atoms with van der Waals surface area (Å²) in [7, 11) is 0. The number of carbonyl (C=O) groups excluding carboxylic acids is 1. The predicted octanol–water partition coefficient (Wildman–Crippen LogP) is 2.85. The van der Waals surface area contributed by atoms with Gasteiger partial charge in [0.1, 0.15) is 0 Å². The van der Waals surface area contributed by atoms with Gasteiger partial charge in [0.25, 0.3) is 0 Å². The van der Waals surface area contributed by atoms with Crippen LogP contribution in [-0.4, -0.2) is 58.6 Å². The van der Waals surface area contributed by atoms with Gasteiger partial charge in [-0.2, -0.15) is 0 Å². The van der Waals surface area contributed by atoms with Gasteiger partial charge in [0.05, 0.1) is 24.9 Å². The van der Waals surface area contributed by atoms with E-state index in [4.69, 9.17) is 4.74 Å². The molecule has 0 bridgehead atoms. The Labute approximate surface area is 151 Å². The lowest BCUT2D eigenvalue weighted by Crippen LogP contribution is -2.50. The molecule has 3 atom stereocenters. The molecule has 5 heteroatoms. The summed E-state index contributed by atoms with van der Waals surface area (Å²) in [5.74, 6) is 0.196. The van der Waals surface area contributed by atoms with E-state index in [1.165, 1.54) is 19.3 Å². The van der Waals surface area contributed by atoms with Crippen LogP contribution in [0.15, 0.2) is 24.4 Å². The summed E-state index contributed by atoms with van der Waals surface area (Å²) < 4.78 is 5.78. The van der Waals surface area contributed by atoms with Crippen molar-refractivity contribution in [2.75, 3.05) is 19.7 Å². The zero-order valence-electron chi connectivity index (χ0n) is 15.6. The van der Waals surface area contributed by atoms with E-state index in [9.17, 15) is 4.79 Å². The number of aromatic nitrogens is 1. The van der Waals surface area contributed by atoms with Crippen LogP contribution in [-0.2, 0) is 16.1 Å². The largest absolute Gasteiger partial charge is 0.376 e. The van der Waals surface area contributed by atoms with Gasteiger partial charge in [-0.1, -0.05) is 12.5 Å². The number of carbonyl (C=O) groups is 1. The quantitative estimate of drug-likeness (QED) is 0.795. The smallest absolute Gasteiger partial charge is 0.237 e. The summed E-state index contributed by atoms with van der Waals surface area (Å²) in [6.07, 6.45) is 7.73.